The number of hydrogen-bond acceptors (Lipinski definition) is 7. The van der Waals surface area contributed by atoms with Gasteiger partial charge in [-0.05, 0) is 44.5 Å². The summed E-state index contributed by atoms with van der Waals surface area (Å²) < 4.78 is 11.2. The molecule has 1 N–H and O–H groups in total. The third-order valence-electron chi connectivity index (χ3n) is 4.00. The molecule has 1 aliphatic rings. The third-order valence-corrected chi connectivity index (χ3v) is 4.00. The Morgan fingerprint density at radius 2 is 1.96 bits per heavy atom. The number of ether oxygens (including phenoxy) is 2. The molecule has 1 aromatic carbocycles. The highest BCUT2D eigenvalue weighted by Crippen LogP contribution is 2.30. The van der Waals surface area contributed by atoms with Crippen LogP contribution in [0.1, 0.15) is 25.7 Å². The van der Waals surface area contributed by atoms with Crippen molar-refractivity contribution < 1.29 is 9.47 Å². The summed E-state index contributed by atoms with van der Waals surface area (Å²) in [7, 11) is 1.57. The van der Waals surface area contributed by atoms with Gasteiger partial charge in [0.05, 0.1) is 19.4 Å². The predicted molar refractivity (Wildman–Crippen MR) is 95.7 cm³/mol. The summed E-state index contributed by atoms with van der Waals surface area (Å²) in [6.45, 7) is 4.07. The fourth-order valence-electron chi connectivity index (χ4n) is 2.71. The Kier molecular flexibility index (Phi) is 7.55. The van der Waals surface area contributed by atoms with Crippen LogP contribution in [-0.4, -0.2) is 44.0 Å². The first-order chi connectivity index (χ1) is 12.3. The Morgan fingerprint density at radius 3 is 2.64 bits per heavy atom. The van der Waals surface area contributed by atoms with Gasteiger partial charge in [-0.3, -0.25) is 5.43 Å². The minimum absolute atomic E-state index is 0.239. The zero-order chi connectivity index (χ0) is 17.9. The standard InChI is InChI=1S/C18H23N5O2/c1-24-18-12-15(21-22-16(13-19)14-20)6-7-17(18)25-11-5-10-23-8-3-2-4-9-23/h6-7,12,21H,2-5,8-11H2,1H3. The molecule has 1 heterocycles. The first-order valence-electron chi connectivity index (χ1n) is 8.44. The second-order valence-corrected chi connectivity index (χ2v) is 5.77. The quantitative estimate of drug-likeness (QED) is 0.444. The first kappa shape index (κ1) is 18.6. The van der Waals surface area contributed by atoms with Crippen molar-refractivity contribution in [1.82, 2.24) is 4.90 Å². The summed E-state index contributed by atoms with van der Waals surface area (Å²) in [5.74, 6) is 1.24. The molecule has 0 aliphatic carbocycles. The van der Waals surface area contributed by atoms with Crippen LogP contribution >= 0.6 is 0 Å². The molecular formula is C18H23N5O2. The van der Waals surface area contributed by atoms with E-state index in [1.54, 1.807) is 37.4 Å². The zero-order valence-electron chi connectivity index (χ0n) is 14.5. The summed E-state index contributed by atoms with van der Waals surface area (Å²) >= 11 is 0. The summed E-state index contributed by atoms with van der Waals surface area (Å²) in [6.07, 6.45) is 4.91. The first-order valence-corrected chi connectivity index (χ1v) is 8.44. The number of nitrogens with zero attached hydrogens (tertiary/aromatic N) is 4. The number of methoxy groups -OCH3 is 1. The maximum absolute atomic E-state index is 8.67. The Bertz CT molecular complexity index is 653. The van der Waals surface area contributed by atoms with Crippen LogP contribution < -0.4 is 14.9 Å². The smallest absolute Gasteiger partial charge is 0.237 e. The van der Waals surface area contributed by atoms with Crippen LogP contribution in [0.4, 0.5) is 5.69 Å². The van der Waals surface area contributed by atoms with E-state index >= 15 is 0 Å². The van der Waals surface area contributed by atoms with Crippen LogP contribution in [0.25, 0.3) is 0 Å². The largest absolute Gasteiger partial charge is 0.493 e. The molecule has 1 aromatic rings. The number of nitriles is 2. The number of hydrogen-bond donors (Lipinski definition) is 1. The Balaban J connectivity index is 1.85. The molecule has 7 heteroatoms. The summed E-state index contributed by atoms with van der Waals surface area (Å²) in [5, 5.41) is 21.1. The fourth-order valence-corrected chi connectivity index (χ4v) is 2.71. The lowest BCUT2D eigenvalue weighted by Crippen LogP contribution is -2.31. The second-order valence-electron chi connectivity index (χ2n) is 5.77. The van der Waals surface area contributed by atoms with Gasteiger partial charge in [-0.2, -0.15) is 15.6 Å². The van der Waals surface area contributed by atoms with Crippen LogP contribution in [0.15, 0.2) is 23.3 Å². The predicted octanol–water partition coefficient (Wildman–Crippen LogP) is 2.77. The van der Waals surface area contributed by atoms with Crippen LogP contribution in [0.2, 0.25) is 0 Å². The Labute approximate surface area is 148 Å². The van der Waals surface area contributed by atoms with Crippen LogP contribution in [0.3, 0.4) is 0 Å². The highest BCUT2D eigenvalue weighted by molar-refractivity contribution is 6.10. The van der Waals surface area contributed by atoms with Crippen molar-refractivity contribution in [2.45, 2.75) is 25.7 Å². The van der Waals surface area contributed by atoms with E-state index in [2.05, 4.69) is 15.4 Å². The maximum atomic E-state index is 8.67. The maximum Gasteiger partial charge on any atom is 0.237 e. The fraction of sp³-hybridized carbons (Fsp3) is 0.500. The van der Waals surface area contributed by atoms with Gasteiger partial charge in [0.15, 0.2) is 11.5 Å². The van der Waals surface area contributed by atoms with E-state index in [-0.39, 0.29) is 5.71 Å². The summed E-state index contributed by atoms with van der Waals surface area (Å²) in [5.41, 5.74) is 3.03. The van der Waals surface area contributed by atoms with E-state index in [4.69, 9.17) is 20.0 Å². The van der Waals surface area contributed by atoms with E-state index in [0.29, 0.717) is 23.8 Å². The van der Waals surface area contributed by atoms with Gasteiger partial charge in [0.2, 0.25) is 5.71 Å². The number of nitrogens with one attached hydrogen (secondary N) is 1. The Hall–Kier alpha value is -2.77. The van der Waals surface area contributed by atoms with Gasteiger partial charge in [0.25, 0.3) is 0 Å². The third kappa shape index (κ3) is 5.98. The van der Waals surface area contributed by atoms with Gasteiger partial charge >= 0.3 is 0 Å². The SMILES string of the molecule is COc1cc(NN=C(C#N)C#N)ccc1OCCCN1CCCCC1. The second kappa shape index (κ2) is 10.2. The van der Waals surface area contributed by atoms with E-state index in [1.165, 1.54) is 32.4 Å². The molecule has 7 nitrogen and oxygen atoms in total. The molecule has 0 amide bonds. The van der Waals surface area contributed by atoms with Crippen molar-refractivity contribution in [3.8, 4) is 23.6 Å². The molecule has 1 aliphatic heterocycles. The Morgan fingerprint density at radius 1 is 1.20 bits per heavy atom. The molecule has 132 valence electrons. The molecule has 2 rings (SSSR count). The van der Waals surface area contributed by atoms with E-state index < -0.39 is 0 Å². The average molecular weight is 341 g/mol. The number of benzene rings is 1. The summed E-state index contributed by atoms with van der Waals surface area (Å²) in [6, 6.07) is 8.65. The minimum atomic E-state index is -0.239. The highest BCUT2D eigenvalue weighted by Gasteiger charge is 2.10. The normalized spacial score (nSPS) is 14.0. The lowest BCUT2D eigenvalue weighted by atomic mass is 10.1. The lowest BCUT2D eigenvalue weighted by Gasteiger charge is -2.26. The molecular weight excluding hydrogens is 318 g/mol. The molecule has 1 fully saturated rings. The molecule has 0 spiro atoms. The number of rotatable bonds is 8. The van der Waals surface area contributed by atoms with Gasteiger partial charge in [-0.1, -0.05) is 6.42 Å². The van der Waals surface area contributed by atoms with E-state index in [9.17, 15) is 0 Å². The van der Waals surface area contributed by atoms with Gasteiger partial charge in [-0.15, -0.1) is 0 Å². The van der Waals surface area contributed by atoms with Crippen molar-refractivity contribution in [3.05, 3.63) is 18.2 Å². The van der Waals surface area contributed by atoms with Gasteiger partial charge < -0.3 is 14.4 Å². The zero-order valence-corrected chi connectivity index (χ0v) is 14.5. The van der Waals surface area contributed by atoms with Crippen LogP contribution in [0.5, 0.6) is 11.5 Å². The molecule has 0 aromatic heterocycles. The van der Waals surface area contributed by atoms with E-state index in [0.717, 1.165) is 13.0 Å². The van der Waals surface area contributed by atoms with Crippen molar-refractivity contribution in [3.63, 3.8) is 0 Å². The molecule has 0 radical (unpaired) electrons. The van der Waals surface area contributed by atoms with Crippen molar-refractivity contribution in [2.75, 3.05) is 38.8 Å². The van der Waals surface area contributed by atoms with Gasteiger partial charge in [0, 0.05) is 12.6 Å². The van der Waals surface area contributed by atoms with Crippen molar-refractivity contribution in [2.24, 2.45) is 5.10 Å². The molecule has 0 bridgehead atoms. The number of likely N-dealkylation sites (tertiary alicyclic amines) is 1. The average Bonchev–Trinajstić information content (AvgIpc) is 2.67. The lowest BCUT2D eigenvalue weighted by molar-refractivity contribution is 0.203. The van der Waals surface area contributed by atoms with Gasteiger partial charge in [-0.25, -0.2) is 0 Å². The number of anilines is 1. The van der Waals surface area contributed by atoms with Crippen molar-refractivity contribution >= 4 is 11.4 Å². The van der Waals surface area contributed by atoms with Gasteiger partial charge in [0.1, 0.15) is 12.1 Å². The highest BCUT2D eigenvalue weighted by atomic mass is 16.5. The molecule has 0 unspecified atom stereocenters. The molecule has 1 saturated heterocycles. The minimum Gasteiger partial charge on any atom is -0.493 e. The molecule has 0 atom stereocenters. The van der Waals surface area contributed by atoms with Crippen LogP contribution in [0, 0.1) is 22.7 Å². The van der Waals surface area contributed by atoms with Crippen LogP contribution in [-0.2, 0) is 0 Å². The van der Waals surface area contributed by atoms with Crippen molar-refractivity contribution in [1.29, 1.82) is 10.5 Å². The number of piperidine rings is 1. The summed E-state index contributed by atoms with van der Waals surface area (Å²) in [4.78, 5) is 2.48. The van der Waals surface area contributed by atoms with E-state index in [1.807, 2.05) is 0 Å². The monoisotopic (exact) mass is 341 g/mol. The number of hydrazone groups is 1. The molecule has 0 saturated carbocycles. The topological polar surface area (TPSA) is 93.7 Å². The molecule has 25 heavy (non-hydrogen) atoms.